The summed E-state index contributed by atoms with van der Waals surface area (Å²) in [6.45, 7) is 1.56. The fraction of sp³-hybridized carbons (Fsp3) is 0.294. The van der Waals surface area contributed by atoms with E-state index in [1.54, 1.807) is 17.4 Å². The molecule has 25 heavy (non-hydrogen) atoms. The van der Waals surface area contributed by atoms with Gasteiger partial charge in [-0.05, 0) is 36.4 Å². The summed E-state index contributed by atoms with van der Waals surface area (Å²) in [7, 11) is 0. The van der Waals surface area contributed by atoms with Crippen molar-refractivity contribution >= 4 is 28.9 Å². The molecule has 0 radical (unpaired) electrons. The van der Waals surface area contributed by atoms with Crippen molar-refractivity contribution < 1.29 is 9.32 Å². The Morgan fingerprint density at radius 3 is 2.72 bits per heavy atom. The quantitative estimate of drug-likeness (QED) is 0.774. The summed E-state index contributed by atoms with van der Waals surface area (Å²) in [5, 5.41) is 17.2. The Morgan fingerprint density at radius 2 is 2.08 bits per heavy atom. The van der Waals surface area contributed by atoms with Crippen LogP contribution < -0.4 is 10.2 Å². The molecule has 0 aromatic carbocycles. The van der Waals surface area contributed by atoms with Crippen LogP contribution in [0.2, 0.25) is 0 Å². The van der Waals surface area contributed by atoms with Gasteiger partial charge in [0.15, 0.2) is 11.6 Å². The third-order valence-electron chi connectivity index (χ3n) is 4.30. The summed E-state index contributed by atoms with van der Waals surface area (Å²) in [6, 6.07) is 9.67. The molecule has 1 amide bonds. The zero-order valence-electron chi connectivity index (χ0n) is 13.5. The van der Waals surface area contributed by atoms with Crippen LogP contribution >= 0.6 is 11.3 Å². The van der Waals surface area contributed by atoms with Crippen LogP contribution in [0.25, 0.3) is 10.6 Å². The van der Waals surface area contributed by atoms with Crippen molar-refractivity contribution in [3.05, 3.63) is 42.0 Å². The molecule has 0 unspecified atom stereocenters. The SMILES string of the molecule is O=C(Nc1ccon1)C1CCN(c2ccc(-c3cccs3)nn2)CC1. The van der Waals surface area contributed by atoms with Gasteiger partial charge in [-0.2, -0.15) is 0 Å². The third-order valence-corrected chi connectivity index (χ3v) is 5.20. The Balaban J connectivity index is 1.34. The van der Waals surface area contributed by atoms with Crippen molar-refractivity contribution in [2.24, 2.45) is 5.92 Å². The lowest BCUT2D eigenvalue weighted by Crippen LogP contribution is -2.38. The Kier molecular flexibility index (Phi) is 4.43. The first-order valence-electron chi connectivity index (χ1n) is 8.13. The highest BCUT2D eigenvalue weighted by Gasteiger charge is 2.26. The molecule has 4 heterocycles. The van der Waals surface area contributed by atoms with E-state index in [1.807, 2.05) is 29.6 Å². The molecule has 3 aromatic rings. The Bertz CT molecular complexity index is 809. The summed E-state index contributed by atoms with van der Waals surface area (Å²) in [5.74, 6) is 1.29. The van der Waals surface area contributed by atoms with Crippen LogP contribution in [0.4, 0.5) is 11.6 Å². The second kappa shape index (κ2) is 7.02. The summed E-state index contributed by atoms with van der Waals surface area (Å²) >= 11 is 1.65. The standard InChI is InChI=1S/C17H17N5O2S/c23-17(18-15-7-10-24-21-15)12-5-8-22(9-6-12)16-4-3-13(19-20-16)14-2-1-11-25-14/h1-4,7,10-12H,5-6,8-9H2,(H,18,21,23). The molecule has 4 rings (SSSR count). The number of nitrogens with zero attached hydrogens (tertiary/aromatic N) is 4. The number of hydrogen-bond acceptors (Lipinski definition) is 7. The summed E-state index contributed by atoms with van der Waals surface area (Å²) in [5.41, 5.74) is 0.889. The van der Waals surface area contributed by atoms with E-state index in [4.69, 9.17) is 4.52 Å². The number of carbonyl (C=O) groups excluding carboxylic acids is 1. The molecule has 1 saturated heterocycles. The number of carbonyl (C=O) groups is 1. The first-order chi connectivity index (χ1) is 12.3. The molecular formula is C17H17N5O2S. The lowest BCUT2D eigenvalue weighted by molar-refractivity contribution is -0.120. The smallest absolute Gasteiger partial charge is 0.228 e. The van der Waals surface area contributed by atoms with E-state index in [0.29, 0.717) is 5.82 Å². The first-order valence-corrected chi connectivity index (χ1v) is 9.01. The molecule has 8 heteroatoms. The van der Waals surface area contributed by atoms with Gasteiger partial charge in [-0.3, -0.25) is 4.79 Å². The van der Waals surface area contributed by atoms with Gasteiger partial charge in [-0.1, -0.05) is 11.2 Å². The molecule has 0 saturated carbocycles. The molecule has 1 N–H and O–H groups in total. The molecule has 0 bridgehead atoms. The number of anilines is 2. The predicted octanol–water partition coefficient (Wildman–Crippen LogP) is 3.05. The fourth-order valence-electron chi connectivity index (χ4n) is 2.93. The number of amides is 1. The minimum atomic E-state index is -0.0219. The molecule has 7 nitrogen and oxygen atoms in total. The number of piperidine rings is 1. The normalized spacial score (nSPS) is 15.3. The summed E-state index contributed by atoms with van der Waals surface area (Å²) in [6.07, 6.45) is 2.99. The van der Waals surface area contributed by atoms with Gasteiger partial charge >= 0.3 is 0 Å². The van der Waals surface area contributed by atoms with Crippen molar-refractivity contribution in [2.75, 3.05) is 23.3 Å². The van der Waals surface area contributed by atoms with Crippen molar-refractivity contribution in [3.63, 3.8) is 0 Å². The number of aromatic nitrogens is 3. The lowest BCUT2D eigenvalue weighted by Gasteiger charge is -2.31. The van der Waals surface area contributed by atoms with Crippen LogP contribution in [-0.4, -0.2) is 34.4 Å². The Hall–Kier alpha value is -2.74. The number of nitrogens with one attached hydrogen (secondary N) is 1. The van der Waals surface area contributed by atoms with Gasteiger partial charge in [0.2, 0.25) is 5.91 Å². The first kappa shape index (κ1) is 15.8. The molecule has 1 aliphatic rings. The second-order valence-electron chi connectivity index (χ2n) is 5.89. The average molecular weight is 355 g/mol. The van der Waals surface area contributed by atoms with Crippen LogP contribution in [-0.2, 0) is 4.79 Å². The van der Waals surface area contributed by atoms with Gasteiger partial charge in [-0.15, -0.1) is 21.5 Å². The molecule has 128 valence electrons. The largest absolute Gasteiger partial charge is 0.363 e. The van der Waals surface area contributed by atoms with E-state index >= 15 is 0 Å². The van der Waals surface area contributed by atoms with Crippen LogP contribution in [0, 0.1) is 5.92 Å². The zero-order valence-corrected chi connectivity index (χ0v) is 14.3. The molecular weight excluding hydrogens is 338 g/mol. The Labute approximate surface area is 148 Å². The second-order valence-corrected chi connectivity index (χ2v) is 6.84. The molecule has 0 spiro atoms. The van der Waals surface area contributed by atoms with E-state index in [-0.39, 0.29) is 11.8 Å². The highest BCUT2D eigenvalue weighted by molar-refractivity contribution is 7.13. The highest BCUT2D eigenvalue weighted by Crippen LogP contribution is 2.26. The summed E-state index contributed by atoms with van der Waals surface area (Å²) in [4.78, 5) is 15.5. The van der Waals surface area contributed by atoms with Crippen molar-refractivity contribution in [2.45, 2.75) is 12.8 Å². The fourth-order valence-corrected chi connectivity index (χ4v) is 3.62. The predicted molar refractivity (Wildman–Crippen MR) is 95.4 cm³/mol. The monoisotopic (exact) mass is 355 g/mol. The molecule has 1 aliphatic heterocycles. The van der Waals surface area contributed by atoms with E-state index in [1.165, 1.54) is 6.26 Å². The maximum Gasteiger partial charge on any atom is 0.228 e. The van der Waals surface area contributed by atoms with Gasteiger partial charge in [0.1, 0.15) is 12.0 Å². The van der Waals surface area contributed by atoms with E-state index in [0.717, 1.165) is 42.3 Å². The maximum absolute atomic E-state index is 12.2. The van der Waals surface area contributed by atoms with Crippen molar-refractivity contribution in [1.29, 1.82) is 0 Å². The molecule has 0 atom stereocenters. The topological polar surface area (TPSA) is 84.2 Å². The van der Waals surface area contributed by atoms with Crippen LogP contribution in [0.15, 0.2) is 46.5 Å². The number of rotatable bonds is 4. The number of hydrogen-bond donors (Lipinski definition) is 1. The Morgan fingerprint density at radius 1 is 1.20 bits per heavy atom. The highest BCUT2D eigenvalue weighted by atomic mass is 32.1. The van der Waals surface area contributed by atoms with Gasteiger partial charge in [0, 0.05) is 25.1 Å². The third kappa shape index (κ3) is 3.53. The lowest BCUT2D eigenvalue weighted by atomic mass is 9.96. The van der Waals surface area contributed by atoms with Crippen LogP contribution in [0.1, 0.15) is 12.8 Å². The van der Waals surface area contributed by atoms with E-state index < -0.39 is 0 Å². The summed E-state index contributed by atoms with van der Waals surface area (Å²) < 4.78 is 4.73. The minimum Gasteiger partial charge on any atom is -0.363 e. The molecule has 1 fully saturated rings. The van der Waals surface area contributed by atoms with E-state index in [9.17, 15) is 4.79 Å². The zero-order chi connectivity index (χ0) is 17.1. The molecule has 3 aromatic heterocycles. The van der Waals surface area contributed by atoms with Crippen LogP contribution in [0.3, 0.4) is 0 Å². The maximum atomic E-state index is 12.2. The van der Waals surface area contributed by atoms with Crippen LogP contribution in [0.5, 0.6) is 0 Å². The van der Waals surface area contributed by atoms with Gasteiger partial charge in [0.25, 0.3) is 0 Å². The van der Waals surface area contributed by atoms with Gasteiger partial charge in [-0.25, -0.2) is 0 Å². The molecule has 0 aliphatic carbocycles. The average Bonchev–Trinajstić information content (AvgIpc) is 3.36. The van der Waals surface area contributed by atoms with Crippen molar-refractivity contribution in [3.8, 4) is 10.6 Å². The van der Waals surface area contributed by atoms with Gasteiger partial charge in [0.05, 0.1) is 4.88 Å². The minimum absolute atomic E-state index is 0.00678. The number of thiophene rings is 1. The van der Waals surface area contributed by atoms with E-state index in [2.05, 4.69) is 25.6 Å². The van der Waals surface area contributed by atoms with Crippen molar-refractivity contribution in [1.82, 2.24) is 15.4 Å². The van der Waals surface area contributed by atoms with Gasteiger partial charge < -0.3 is 14.7 Å².